The average molecular weight is 228 g/mol. The molecule has 2 N–H and O–H groups in total. The van der Waals surface area contributed by atoms with Gasteiger partial charge in [-0.3, -0.25) is 10.6 Å². The fourth-order valence-electron chi connectivity index (χ4n) is 2.59. The summed E-state index contributed by atoms with van der Waals surface area (Å²) in [6.45, 7) is 8.98. The van der Waals surface area contributed by atoms with Crippen LogP contribution < -0.4 is 10.6 Å². The lowest BCUT2D eigenvalue weighted by molar-refractivity contribution is 0.282. The summed E-state index contributed by atoms with van der Waals surface area (Å²) in [7, 11) is 1.30. The van der Waals surface area contributed by atoms with Crippen LogP contribution in [0.1, 0.15) is 53.4 Å². The van der Waals surface area contributed by atoms with Crippen molar-refractivity contribution in [2.24, 2.45) is 0 Å². The molecule has 0 aromatic heterocycles. The van der Waals surface area contributed by atoms with Crippen molar-refractivity contribution < 1.29 is 0 Å². The highest BCUT2D eigenvalue weighted by atomic mass is 28.1. The van der Waals surface area contributed by atoms with Crippen molar-refractivity contribution in [1.29, 1.82) is 0 Å². The summed E-state index contributed by atoms with van der Waals surface area (Å²) in [6, 6.07) is 1.15. The van der Waals surface area contributed by atoms with Crippen molar-refractivity contribution in [2.45, 2.75) is 76.7 Å². The molecule has 1 aliphatic rings. The molecule has 1 fully saturated rings. The molecule has 1 rings (SSSR count). The Labute approximate surface area is 98.0 Å². The first-order chi connectivity index (χ1) is 6.94. The molecule has 2 nitrogen and oxygen atoms in total. The van der Waals surface area contributed by atoms with E-state index in [0.717, 1.165) is 0 Å². The van der Waals surface area contributed by atoms with E-state index in [1.165, 1.54) is 35.9 Å². The van der Waals surface area contributed by atoms with Crippen molar-refractivity contribution in [3.05, 3.63) is 0 Å². The summed E-state index contributed by atoms with van der Waals surface area (Å²) in [5.41, 5.74) is 0. The van der Waals surface area contributed by atoms with E-state index in [0.29, 0.717) is 23.3 Å². The molecule has 0 saturated heterocycles. The molecule has 0 bridgehead atoms. The molecule has 1 saturated carbocycles. The lowest BCUT2D eigenvalue weighted by Crippen LogP contribution is -2.54. The van der Waals surface area contributed by atoms with Crippen LogP contribution in [0.3, 0.4) is 0 Å². The first kappa shape index (κ1) is 13.2. The molecule has 0 aromatic rings. The fourth-order valence-corrected chi connectivity index (χ4v) is 3.63. The van der Waals surface area contributed by atoms with E-state index < -0.39 is 0 Å². The summed E-state index contributed by atoms with van der Waals surface area (Å²) < 4.78 is 0. The van der Waals surface area contributed by atoms with E-state index in [4.69, 9.17) is 0 Å². The summed E-state index contributed by atoms with van der Waals surface area (Å²) in [5.74, 6) is 0. The van der Waals surface area contributed by atoms with Crippen molar-refractivity contribution in [3.8, 4) is 0 Å². The Balaban J connectivity index is 2.61. The predicted molar refractivity (Wildman–Crippen MR) is 71.4 cm³/mol. The highest BCUT2D eigenvalue weighted by Crippen LogP contribution is 2.44. The molecule has 0 amide bonds. The van der Waals surface area contributed by atoms with Crippen LogP contribution in [-0.4, -0.2) is 28.5 Å². The van der Waals surface area contributed by atoms with Crippen molar-refractivity contribution in [2.75, 3.05) is 0 Å². The first-order valence-corrected chi connectivity index (χ1v) is 7.46. The number of hydrogen-bond acceptors (Lipinski definition) is 2. The smallest absolute Gasteiger partial charge is 0.0599 e. The Hall–Kier alpha value is 0.137. The molecule has 0 aromatic carbocycles. The van der Waals surface area contributed by atoms with Crippen LogP contribution in [0.15, 0.2) is 0 Å². The molecular weight excluding hydrogens is 200 g/mol. The van der Waals surface area contributed by atoms with Gasteiger partial charge < -0.3 is 0 Å². The zero-order valence-electron chi connectivity index (χ0n) is 11.1. The summed E-state index contributed by atoms with van der Waals surface area (Å²) in [5, 5.41) is 8.03. The second-order valence-corrected chi connectivity index (χ2v) is 7.93. The minimum Gasteiger partial charge on any atom is -0.299 e. The molecule has 0 unspecified atom stereocenters. The van der Waals surface area contributed by atoms with Gasteiger partial charge in [-0.15, -0.1) is 0 Å². The highest BCUT2D eigenvalue weighted by molar-refractivity contribution is 6.16. The van der Waals surface area contributed by atoms with Crippen LogP contribution >= 0.6 is 0 Å². The van der Waals surface area contributed by atoms with Gasteiger partial charge in [0.1, 0.15) is 0 Å². The van der Waals surface area contributed by atoms with Gasteiger partial charge in [-0.25, -0.2) is 0 Å². The number of hydrogen-bond donors (Lipinski definition) is 2. The standard InChI is InChI=1S/C12H28N2Si/c1-9(2)13-11(14-10(3)4)12(15)7-5-6-8-12/h9-11,13-14H,5-8H2,1-4,15H3. The third kappa shape index (κ3) is 3.89. The molecule has 90 valence electrons. The van der Waals surface area contributed by atoms with Gasteiger partial charge in [-0.05, 0) is 45.6 Å². The zero-order valence-corrected chi connectivity index (χ0v) is 13.1. The van der Waals surface area contributed by atoms with E-state index in [1.54, 1.807) is 0 Å². The largest absolute Gasteiger partial charge is 0.299 e. The molecule has 0 heterocycles. The van der Waals surface area contributed by atoms with E-state index in [2.05, 4.69) is 38.3 Å². The third-order valence-electron chi connectivity index (χ3n) is 3.44. The summed E-state index contributed by atoms with van der Waals surface area (Å²) >= 11 is 0. The maximum absolute atomic E-state index is 3.72. The summed E-state index contributed by atoms with van der Waals surface area (Å²) in [4.78, 5) is 0. The molecule has 15 heavy (non-hydrogen) atoms. The fraction of sp³-hybridized carbons (Fsp3) is 1.00. The van der Waals surface area contributed by atoms with E-state index >= 15 is 0 Å². The maximum Gasteiger partial charge on any atom is 0.0599 e. The van der Waals surface area contributed by atoms with Crippen molar-refractivity contribution in [1.82, 2.24) is 10.6 Å². The van der Waals surface area contributed by atoms with Crippen LogP contribution in [-0.2, 0) is 0 Å². The molecular formula is C12H28N2Si. The molecule has 1 aliphatic carbocycles. The van der Waals surface area contributed by atoms with Crippen LogP contribution in [0.4, 0.5) is 0 Å². The van der Waals surface area contributed by atoms with E-state index in [1.807, 2.05) is 0 Å². The van der Waals surface area contributed by atoms with Gasteiger partial charge in [0.15, 0.2) is 0 Å². The van der Waals surface area contributed by atoms with Crippen molar-refractivity contribution >= 4 is 10.2 Å². The van der Waals surface area contributed by atoms with Gasteiger partial charge in [0.25, 0.3) is 0 Å². The Morgan fingerprint density at radius 3 is 1.67 bits per heavy atom. The van der Waals surface area contributed by atoms with Crippen LogP contribution in [0.25, 0.3) is 0 Å². The van der Waals surface area contributed by atoms with Crippen molar-refractivity contribution in [3.63, 3.8) is 0 Å². The maximum atomic E-state index is 3.72. The summed E-state index contributed by atoms with van der Waals surface area (Å²) in [6.07, 6.45) is 6.23. The lowest BCUT2D eigenvalue weighted by atomic mass is 10.0. The molecule has 0 aliphatic heterocycles. The van der Waals surface area contributed by atoms with E-state index in [-0.39, 0.29) is 0 Å². The topological polar surface area (TPSA) is 24.1 Å². The van der Waals surface area contributed by atoms with Gasteiger partial charge in [-0.2, -0.15) is 0 Å². The Morgan fingerprint density at radius 2 is 1.33 bits per heavy atom. The SMILES string of the molecule is CC(C)NC(NC(C)C)C1([SiH3])CCCC1. The van der Waals surface area contributed by atoms with Crippen LogP contribution in [0, 0.1) is 0 Å². The molecule has 0 spiro atoms. The Morgan fingerprint density at radius 1 is 0.933 bits per heavy atom. The van der Waals surface area contributed by atoms with Gasteiger partial charge in [0.05, 0.1) is 6.17 Å². The highest BCUT2D eigenvalue weighted by Gasteiger charge is 2.37. The first-order valence-electron chi connectivity index (χ1n) is 6.46. The predicted octanol–water partition coefficient (Wildman–Crippen LogP) is 1.41. The van der Waals surface area contributed by atoms with Gasteiger partial charge in [-0.1, -0.05) is 12.8 Å². The second kappa shape index (κ2) is 5.46. The van der Waals surface area contributed by atoms with Gasteiger partial charge in [0, 0.05) is 22.3 Å². The van der Waals surface area contributed by atoms with Crippen LogP contribution in [0.2, 0.25) is 5.04 Å². The van der Waals surface area contributed by atoms with E-state index in [9.17, 15) is 0 Å². The minimum absolute atomic E-state index is 0.534. The quantitative estimate of drug-likeness (QED) is 0.549. The number of nitrogens with one attached hydrogen (secondary N) is 2. The van der Waals surface area contributed by atoms with Gasteiger partial charge >= 0.3 is 0 Å². The monoisotopic (exact) mass is 228 g/mol. The normalized spacial score (nSPS) is 21.0. The second-order valence-electron chi connectivity index (χ2n) is 5.94. The minimum atomic E-state index is 0.534. The average Bonchev–Trinajstić information content (AvgIpc) is 2.50. The molecule has 3 heteroatoms. The van der Waals surface area contributed by atoms with Gasteiger partial charge in [0.2, 0.25) is 0 Å². The zero-order chi connectivity index (χ0) is 11.5. The number of rotatable bonds is 5. The molecule has 0 atom stereocenters. The third-order valence-corrected chi connectivity index (χ3v) is 5.02. The van der Waals surface area contributed by atoms with Crippen LogP contribution in [0.5, 0.6) is 0 Å². The molecule has 0 radical (unpaired) electrons. The Bertz CT molecular complexity index is 176. The Kier molecular flexibility index (Phi) is 4.81. The lowest BCUT2D eigenvalue weighted by Gasteiger charge is -2.38.